The predicted octanol–water partition coefficient (Wildman–Crippen LogP) is 4.12. The SMILES string of the molecule is O=C1C(Cl)=C(COc2cccc(Cl)c2C2CCC2)NC2NC(c3ccccc3)=NN12. The van der Waals surface area contributed by atoms with E-state index in [2.05, 4.69) is 15.7 Å². The van der Waals surface area contributed by atoms with Gasteiger partial charge in [-0.1, -0.05) is 66.0 Å². The van der Waals surface area contributed by atoms with Crippen LogP contribution in [0.4, 0.5) is 0 Å². The monoisotopic (exact) mass is 442 g/mol. The van der Waals surface area contributed by atoms with E-state index in [9.17, 15) is 4.79 Å². The maximum atomic E-state index is 12.8. The average Bonchev–Trinajstić information content (AvgIpc) is 3.15. The van der Waals surface area contributed by atoms with Gasteiger partial charge in [-0.15, -0.1) is 5.10 Å². The molecule has 0 aromatic heterocycles. The van der Waals surface area contributed by atoms with Crippen LogP contribution in [0.3, 0.4) is 0 Å². The number of hydrogen-bond donors (Lipinski definition) is 2. The maximum absolute atomic E-state index is 12.8. The quantitative estimate of drug-likeness (QED) is 0.730. The van der Waals surface area contributed by atoms with E-state index in [1.807, 2.05) is 48.5 Å². The molecule has 2 aromatic rings. The van der Waals surface area contributed by atoms with E-state index < -0.39 is 6.29 Å². The van der Waals surface area contributed by atoms with Crippen molar-refractivity contribution in [2.24, 2.45) is 5.10 Å². The molecule has 30 heavy (non-hydrogen) atoms. The Morgan fingerprint density at radius 1 is 1.07 bits per heavy atom. The van der Waals surface area contributed by atoms with Crippen LogP contribution < -0.4 is 15.4 Å². The van der Waals surface area contributed by atoms with Gasteiger partial charge in [-0.3, -0.25) is 4.79 Å². The van der Waals surface area contributed by atoms with E-state index in [1.165, 1.54) is 11.4 Å². The summed E-state index contributed by atoms with van der Waals surface area (Å²) >= 11 is 12.8. The number of nitrogens with zero attached hydrogens (tertiary/aromatic N) is 2. The topological polar surface area (TPSA) is 66.0 Å². The molecule has 0 radical (unpaired) electrons. The summed E-state index contributed by atoms with van der Waals surface area (Å²) in [6, 6.07) is 15.3. The van der Waals surface area contributed by atoms with Crippen molar-refractivity contribution in [3.63, 3.8) is 0 Å². The van der Waals surface area contributed by atoms with Crippen LogP contribution in [0.25, 0.3) is 0 Å². The molecule has 3 aliphatic rings. The molecule has 0 spiro atoms. The Labute approximate surface area is 184 Å². The van der Waals surface area contributed by atoms with Crippen LogP contribution in [0.15, 0.2) is 64.4 Å². The van der Waals surface area contributed by atoms with Crippen molar-refractivity contribution in [2.75, 3.05) is 6.61 Å². The number of benzene rings is 2. The van der Waals surface area contributed by atoms with E-state index in [4.69, 9.17) is 27.9 Å². The second kappa shape index (κ2) is 7.85. The molecular weight excluding hydrogens is 423 g/mol. The number of amidine groups is 1. The molecule has 1 fully saturated rings. The number of halogens is 2. The number of hydrazone groups is 1. The van der Waals surface area contributed by atoms with E-state index in [0.29, 0.717) is 17.5 Å². The zero-order chi connectivity index (χ0) is 20.7. The van der Waals surface area contributed by atoms with E-state index >= 15 is 0 Å². The lowest BCUT2D eigenvalue weighted by Crippen LogP contribution is -2.55. The number of amides is 1. The van der Waals surface area contributed by atoms with Crippen molar-refractivity contribution in [3.05, 3.63) is 75.4 Å². The van der Waals surface area contributed by atoms with Crippen LogP contribution in [0.2, 0.25) is 5.02 Å². The lowest BCUT2D eigenvalue weighted by Gasteiger charge is -2.31. The first-order valence-electron chi connectivity index (χ1n) is 9.92. The van der Waals surface area contributed by atoms with Gasteiger partial charge in [-0.25, -0.2) is 0 Å². The van der Waals surface area contributed by atoms with Crippen molar-refractivity contribution in [2.45, 2.75) is 31.5 Å². The summed E-state index contributed by atoms with van der Waals surface area (Å²) in [5, 5.41) is 12.9. The number of ether oxygens (including phenoxy) is 1. The molecule has 1 saturated carbocycles. The summed E-state index contributed by atoms with van der Waals surface area (Å²) in [5.41, 5.74) is 2.44. The highest BCUT2D eigenvalue weighted by Crippen LogP contribution is 2.44. The standard InChI is InChI=1S/C22H20Cl2N4O2/c23-15-10-5-11-17(18(15)13-8-4-9-13)30-12-16-19(24)21(29)28-22(25-16)26-20(27-28)14-6-2-1-3-7-14/h1-3,5-7,10-11,13,22,25H,4,8-9,12H2,(H,26,27). The third kappa shape index (κ3) is 3.40. The van der Waals surface area contributed by atoms with Crippen LogP contribution in [-0.2, 0) is 4.79 Å². The van der Waals surface area contributed by atoms with Crippen LogP contribution in [0, 0.1) is 0 Å². The van der Waals surface area contributed by atoms with Crippen LogP contribution in [-0.4, -0.2) is 29.6 Å². The fourth-order valence-corrected chi connectivity index (χ4v) is 4.35. The van der Waals surface area contributed by atoms with Gasteiger partial charge in [0.1, 0.15) is 17.4 Å². The van der Waals surface area contributed by atoms with Crippen molar-refractivity contribution < 1.29 is 9.53 Å². The maximum Gasteiger partial charge on any atom is 0.290 e. The molecule has 2 aliphatic heterocycles. The van der Waals surface area contributed by atoms with Gasteiger partial charge in [0.15, 0.2) is 5.84 Å². The Kier molecular flexibility index (Phi) is 5.05. The molecule has 1 unspecified atom stereocenters. The highest BCUT2D eigenvalue weighted by Gasteiger charge is 2.38. The fraction of sp³-hybridized carbons (Fsp3) is 0.273. The average molecular weight is 443 g/mol. The lowest BCUT2D eigenvalue weighted by atomic mass is 9.79. The number of nitrogens with one attached hydrogen (secondary N) is 2. The minimum absolute atomic E-state index is 0.0679. The summed E-state index contributed by atoms with van der Waals surface area (Å²) in [6.07, 6.45) is 2.91. The molecule has 1 aliphatic carbocycles. The third-order valence-electron chi connectivity index (χ3n) is 5.64. The highest BCUT2D eigenvalue weighted by molar-refractivity contribution is 6.42. The molecule has 154 valence electrons. The first-order chi connectivity index (χ1) is 14.6. The number of carbonyl (C=O) groups is 1. The summed E-state index contributed by atoms with van der Waals surface area (Å²) in [4.78, 5) is 12.8. The normalized spacial score (nSPS) is 20.9. The Morgan fingerprint density at radius 2 is 1.87 bits per heavy atom. The number of fused-ring (bicyclic) bond motifs is 1. The Bertz CT molecular complexity index is 1050. The first kappa shape index (κ1) is 19.3. The van der Waals surface area contributed by atoms with Crippen LogP contribution >= 0.6 is 23.2 Å². The van der Waals surface area contributed by atoms with Gasteiger partial charge in [0.25, 0.3) is 5.91 Å². The Balaban J connectivity index is 1.32. The molecule has 1 atom stereocenters. The van der Waals surface area contributed by atoms with E-state index in [0.717, 1.165) is 34.7 Å². The van der Waals surface area contributed by atoms with Crippen molar-refractivity contribution in [3.8, 4) is 5.75 Å². The second-order valence-corrected chi connectivity index (χ2v) is 8.30. The van der Waals surface area contributed by atoms with Crippen molar-refractivity contribution in [1.82, 2.24) is 15.6 Å². The smallest absolute Gasteiger partial charge is 0.290 e. The largest absolute Gasteiger partial charge is 0.487 e. The molecule has 8 heteroatoms. The molecule has 5 rings (SSSR count). The Hall–Kier alpha value is -2.70. The molecule has 2 N–H and O–H groups in total. The zero-order valence-electron chi connectivity index (χ0n) is 16.1. The minimum Gasteiger partial charge on any atom is -0.487 e. The molecule has 0 bridgehead atoms. The first-order valence-corrected chi connectivity index (χ1v) is 10.7. The second-order valence-electron chi connectivity index (χ2n) is 7.52. The van der Waals surface area contributed by atoms with Gasteiger partial charge >= 0.3 is 0 Å². The Morgan fingerprint density at radius 3 is 2.60 bits per heavy atom. The van der Waals surface area contributed by atoms with Gasteiger partial charge in [-0.05, 0) is 30.9 Å². The minimum atomic E-state index is -0.515. The number of rotatable bonds is 5. The van der Waals surface area contributed by atoms with E-state index in [-0.39, 0.29) is 17.5 Å². The molecule has 0 saturated heterocycles. The van der Waals surface area contributed by atoms with Gasteiger partial charge in [-0.2, -0.15) is 5.01 Å². The molecule has 6 nitrogen and oxygen atoms in total. The van der Waals surface area contributed by atoms with Crippen LogP contribution in [0.5, 0.6) is 5.75 Å². The summed E-state index contributed by atoms with van der Waals surface area (Å²) in [5.74, 6) is 1.40. The van der Waals surface area contributed by atoms with Crippen molar-refractivity contribution >= 4 is 34.9 Å². The molecular formula is C22H20Cl2N4O2. The third-order valence-corrected chi connectivity index (χ3v) is 6.36. The van der Waals surface area contributed by atoms with Gasteiger partial charge < -0.3 is 15.4 Å². The fourth-order valence-electron chi connectivity index (χ4n) is 3.83. The zero-order valence-corrected chi connectivity index (χ0v) is 17.6. The molecule has 2 heterocycles. The lowest BCUT2D eigenvalue weighted by molar-refractivity contribution is -0.130. The van der Waals surface area contributed by atoms with Crippen molar-refractivity contribution in [1.29, 1.82) is 0 Å². The van der Waals surface area contributed by atoms with Gasteiger partial charge in [0.05, 0.1) is 5.70 Å². The molecule has 2 aromatic carbocycles. The summed E-state index contributed by atoms with van der Waals surface area (Å²) in [6.45, 7) is 0.136. The summed E-state index contributed by atoms with van der Waals surface area (Å²) in [7, 11) is 0. The molecule has 1 amide bonds. The van der Waals surface area contributed by atoms with Crippen LogP contribution in [0.1, 0.15) is 36.3 Å². The predicted molar refractivity (Wildman–Crippen MR) is 116 cm³/mol. The number of hydrogen-bond acceptors (Lipinski definition) is 5. The van der Waals surface area contributed by atoms with Gasteiger partial charge in [0.2, 0.25) is 6.29 Å². The summed E-state index contributed by atoms with van der Waals surface area (Å²) < 4.78 is 6.07. The van der Waals surface area contributed by atoms with E-state index in [1.54, 1.807) is 0 Å². The number of carbonyl (C=O) groups excluding carboxylic acids is 1. The highest BCUT2D eigenvalue weighted by atomic mass is 35.5. The van der Waals surface area contributed by atoms with Gasteiger partial charge in [0, 0.05) is 16.1 Å².